The Kier molecular flexibility index (Phi) is 7.00. The molecule has 150 valence electrons. The molecule has 0 aromatic heterocycles. The van der Waals surface area contributed by atoms with Crippen LogP contribution in [-0.2, 0) is 11.3 Å². The van der Waals surface area contributed by atoms with Gasteiger partial charge in [-0.2, -0.15) is 0 Å². The Morgan fingerprint density at radius 1 is 1.07 bits per heavy atom. The smallest absolute Gasteiger partial charge is 0.319 e. The Hall–Kier alpha value is -2.45. The van der Waals surface area contributed by atoms with E-state index < -0.39 is 18.3 Å². The van der Waals surface area contributed by atoms with Gasteiger partial charge in [-0.15, -0.1) is 0 Å². The quantitative estimate of drug-likeness (QED) is 0.579. The molecule has 7 heteroatoms. The molecule has 1 aliphatic rings. The van der Waals surface area contributed by atoms with Gasteiger partial charge in [0, 0.05) is 18.8 Å². The lowest BCUT2D eigenvalue weighted by Crippen LogP contribution is -2.49. The standard InChI is InChI=1S/C21H27N3O4/c1-24(13-15-8-4-2-5-9-15)19-17(28-18(14-25)20(19)26)12-22-21(27)23-16-10-6-3-7-11-16/h2-11,17-20,25-26H,12-14H2,1H3,(H2,22,23,27)/t17-,18+,19-,20-/m1/s1. The summed E-state index contributed by atoms with van der Waals surface area (Å²) in [5.41, 5.74) is 1.80. The Labute approximate surface area is 164 Å². The zero-order valence-corrected chi connectivity index (χ0v) is 15.9. The highest BCUT2D eigenvalue weighted by molar-refractivity contribution is 5.89. The molecule has 7 nitrogen and oxygen atoms in total. The van der Waals surface area contributed by atoms with E-state index in [1.54, 1.807) is 12.1 Å². The predicted molar refractivity (Wildman–Crippen MR) is 107 cm³/mol. The van der Waals surface area contributed by atoms with Crippen LogP contribution in [0, 0.1) is 0 Å². The average molecular weight is 385 g/mol. The van der Waals surface area contributed by atoms with E-state index in [0.29, 0.717) is 12.2 Å². The first kappa shape index (κ1) is 20.3. The molecule has 0 spiro atoms. The van der Waals surface area contributed by atoms with Crippen LogP contribution in [-0.4, -0.2) is 65.7 Å². The number of carbonyl (C=O) groups is 1. The number of nitrogens with zero attached hydrogens (tertiary/aromatic N) is 1. The van der Waals surface area contributed by atoms with E-state index in [4.69, 9.17) is 4.74 Å². The Morgan fingerprint density at radius 3 is 2.36 bits per heavy atom. The number of urea groups is 1. The molecular formula is C21H27N3O4. The number of carbonyl (C=O) groups excluding carboxylic acids is 1. The fourth-order valence-electron chi connectivity index (χ4n) is 3.56. The van der Waals surface area contributed by atoms with Crippen molar-refractivity contribution in [3.05, 3.63) is 66.2 Å². The lowest BCUT2D eigenvalue weighted by Gasteiger charge is -2.30. The second kappa shape index (κ2) is 9.66. The van der Waals surface area contributed by atoms with Gasteiger partial charge in [-0.25, -0.2) is 4.79 Å². The zero-order valence-electron chi connectivity index (χ0n) is 15.9. The minimum atomic E-state index is -0.845. The van der Waals surface area contributed by atoms with Crippen molar-refractivity contribution in [1.82, 2.24) is 10.2 Å². The highest BCUT2D eigenvalue weighted by Crippen LogP contribution is 2.26. The van der Waals surface area contributed by atoms with Crippen molar-refractivity contribution in [3.8, 4) is 0 Å². The maximum Gasteiger partial charge on any atom is 0.319 e. The molecule has 0 radical (unpaired) electrons. The van der Waals surface area contributed by atoms with Crippen molar-refractivity contribution < 1.29 is 19.7 Å². The van der Waals surface area contributed by atoms with Crippen LogP contribution in [0.15, 0.2) is 60.7 Å². The van der Waals surface area contributed by atoms with Gasteiger partial charge in [0.15, 0.2) is 0 Å². The number of ether oxygens (including phenoxy) is 1. The maximum atomic E-state index is 12.2. The van der Waals surface area contributed by atoms with Gasteiger partial charge in [-0.1, -0.05) is 48.5 Å². The first-order chi connectivity index (χ1) is 13.6. The van der Waals surface area contributed by atoms with Crippen molar-refractivity contribution in [2.45, 2.75) is 30.9 Å². The summed E-state index contributed by atoms with van der Waals surface area (Å²) in [5, 5.41) is 25.7. The van der Waals surface area contributed by atoms with E-state index in [0.717, 1.165) is 5.56 Å². The number of amides is 2. The van der Waals surface area contributed by atoms with Gasteiger partial charge in [0.1, 0.15) is 12.2 Å². The summed E-state index contributed by atoms with van der Waals surface area (Å²) in [6.07, 6.45) is -1.96. The Balaban J connectivity index is 1.61. The SMILES string of the molecule is CN(Cc1ccccc1)[C@H]1[C@H](O)[C@H](CO)O[C@@H]1CNC(=O)Nc1ccccc1. The molecule has 0 saturated carbocycles. The molecule has 2 aromatic carbocycles. The number of aliphatic hydroxyl groups excluding tert-OH is 2. The lowest BCUT2D eigenvalue weighted by molar-refractivity contribution is -0.0205. The number of benzene rings is 2. The van der Waals surface area contributed by atoms with Crippen molar-refractivity contribution in [1.29, 1.82) is 0 Å². The molecule has 4 atom stereocenters. The first-order valence-corrected chi connectivity index (χ1v) is 9.37. The fraction of sp³-hybridized carbons (Fsp3) is 0.381. The molecule has 3 rings (SSSR count). The fourth-order valence-corrected chi connectivity index (χ4v) is 3.56. The summed E-state index contributed by atoms with van der Waals surface area (Å²) in [7, 11) is 1.90. The van der Waals surface area contributed by atoms with Gasteiger partial charge in [0.25, 0.3) is 0 Å². The minimum Gasteiger partial charge on any atom is -0.394 e. The number of aliphatic hydroxyl groups is 2. The zero-order chi connectivity index (χ0) is 19.9. The third-order valence-corrected chi connectivity index (χ3v) is 4.92. The third kappa shape index (κ3) is 5.08. The molecule has 2 aromatic rings. The van der Waals surface area contributed by atoms with Crippen LogP contribution in [0.1, 0.15) is 5.56 Å². The largest absolute Gasteiger partial charge is 0.394 e. The van der Waals surface area contributed by atoms with E-state index in [2.05, 4.69) is 10.6 Å². The molecule has 0 bridgehead atoms. The van der Waals surface area contributed by atoms with Crippen molar-refractivity contribution >= 4 is 11.7 Å². The molecule has 4 N–H and O–H groups in total. The summed E-state index contributed by atoms with van der Waals surface area (Å²) in [6, 6.07) is 18.4. The van der Waals surface area contributed by atoms with Gasteiger partial charge >= 0.3 is 6.03 Å². The number of para-hydroxylation sites is 1. The van der Waals surface area contributed by atoms with Crippen molar-refractivity contribution in [2.75, 3.05) is 25.5 Å². The second-order valence-corrected chi connectivity index (χ2v) is 6.98. The molecular weight excluding hydrogens is 358 g/mol. The lowest BCUT2D eigenvalue weighted by atomic mass is 10.0. The normalized spacial score (nSPS) is 24.3. The number of nitrogens with one attached hydrogen (secondary N) is 2. The van der Waals surface area contributed by atoms with Crippen molar-refractivity contribution in [2.24, 2.45) is 0 Å². The number of likely N-dealkylation sites (N-methyl/N-ethyl adjacent to an activating group) is 1. The molecule has 0 aliphatic carbocycles. The average Bonchev–Trinajstić information content (AvgIpc) is 3.03. The Bertz CT molecular complexity index is 744. The maximum absolute atomic E-state index is 12.2. The van der Waals surface area contributed by atoms with E-state index in [1.807, 2.05) is 60.5 Å². The highest BCUT2D eigenvalue weighted by atomic mass is 16.5. The van der Waals surface area contributed by atoms with Crippen LogP contribution in [0.5, 0.6) is 0 Å². The topological polar surface area (TPSA) is 94.1 Å². The molecule has 1 aliphatic heterocycles. The van der Waals surface area contributed by atoms with Crippen LogP contribution in [0.25, 0.3) is 0 Å². The first-order valence-electron chi connectivity index (χ1n) is 9.37. The molecule has 1 heterocycles. The molecule has 28 heavy (non-hydrogen) atoms. The summed E-state index contributed by atoms with van der Waals surface area (Å²) in [4.78, 5) is 14.2. The Morgan fingerprint density at radius 2 is 1.71 bits per heavy atom. The van der Waals surface area contributed by atoms with Crippen molar-refractivity contribution in [3.63, 3.8) is 0 Å². The minimum absolute atomic E-state index is 0.218. The van der Waals surface area contributed by atoms with Crippen LogP contribution >= 0.6 is 0 Å². The highest BCUT2D eigenvalue weighted by Gasteiger charge is 2.45. The monoisotopic (exact) mass is 385 g/mol. The summed E-state index contributed by atoms with van der Waals surface area (Å²) >= 11 is 0. The molecule has 1 fully saturated rings. The van der Waals surface area contributed by atoms with Crippen LogP contribution < -0.4 is 10.6 Å². The molecule has 2 amide bonds. The van der Waals surface area contributed by atoms with E-state index in [9.17, 15) is 15.0 Å². The number of hydrogen-bond acceptors (Lipinski definition) is 5. The van der Waals surface area contributed by atoms with Gasteiger partial charge in [0.05, 0.1) is 18.8 Å². The third-order valence-electron chi connectivity index (χ3n) is 4.92. The van der Waals surface area contributed by atoms with Crippen LogP contribution in [0.3, 0.4) is 0 Å². The van der Waals surface area contributed by atoms with Gasteiger partial charge in [0.2, 0.25) is 0 Å². The van der Waals surface area contributed by atoms with E-state index >= 15 is 0 Å². The summed E-state index contributed by atoms with van der Waals surface area (Å²) in [6.45, 7) is 0.566. The van der Waals surface area contributed by atoms with E-state index in [1.165, 1.54) is 0 Å². The molecule has 1 saturated heterocycles. The van der Waals surface area contributed by atoms with Gasteiger partial charge < -0.3 is 25.6 Å². The number of hydrogen-bond donors (Lipinski definition) is 4. The summed E-state index contributed by atoms with van der Waals surface area (Å²) in [5.74, 6) is 0. The van der Waals surface area contributed by atoms with E-state index in [-0.39, 0.29) is 25.2 Å². The van der Waals surface area contributed by atoms with Crippen LogP contribution in [0.2, 0.25) is 0 Å². The van der Waals surface area contributed by atoms with Gasteiger partial charge in [-0.05, 0) is 24.7 Å². The van der Waals surface area contributed by atoms with Crippen LogP contribution in [0.4, 0.5) is 10.5 Å². The summed E-state index contributed by atoms with van der Waals surface area (Å²) < 4.78 is 5.81. The predicted octanol–water partition coefficient (Wildman–Crippen LogP) is 1.43. The van der Waals surface area contributed by atoms with Gasteiger partial charge in [-0.3, -0.25) is 4.90 Å². The number of anilines is 1. The number of rotatable bonds is 7. The second-order valence-electron chi connectivity index (χ2n) is 6.98. The molecule has 0 unspecified atom stereocenters.